The molecule has 5 nitrogen and oxygen atoms in total. The zero-order chi connectivity index (χ0) is 14.3. The maximum absolute atomic E-state index is 12.3. The summed E-state index contributed by atoms with van der Waals surface area (Å²) in [5.74, 6) is 0. The number of thiophene rings is 1. The van der Waals surface area contributed by atoms with Gasteiger partial charge in [-0.1, -0.05) is 0 Å². The van der Waals surface area contributed by atoms with E-state index in [0.29, 0.717) is 15.9 Å². The number of fused-ring (bicyclic) bond motifs is 1. The van der Waals surface area contributed by atoms with Gasteiger partial charge in [0.15, 0.2) is 5.13 Å². The van der Waals surface area contributed by atoms with Crippen LogP contribution in [0.3, 0.4) is 0 Å². The number of nitrogens with one attached hydrogen (secondary N) is 1. The van der Waals surface area contributed by atoms with Crippen LogP contribution >= 0.6 is 22.7 Å². The Bertz CT molecular complexity index is 725. The molecule has 0 saturated heterocycles. The number of sulfonamides is 1. The fourth-order valence-electron chi connectivity index (χ4n) is 2.22. The molecule has 2 heterocycles. The van der Waals surface area contributed by atoms with Gasteiger partial charge in [-0.3, -0.25) is 4.72 Å². The van der Waals surface area contributed by atoms with Crippen LogP contribution in [-0.2, 0) is 29.4 Å². The third-order valence-electron chi connectivity index (χ3n) is 3.27. The average molecular weight is 329 g/mol. The highest BCUT2D eigenvalue weighted by Gasteiger charge is 2.23. The number of rotatable bonds is 4. The summed E-state index contributed by atoms with van der Waals surface area (Å²) >= 11 is 2.66. The number of hydrogen-bond donors (Lipinski definition) is 2. The molecule has 0 aliphatic heterocycles. The van der Waals surface area contributed by atoms with Crippen molar-refractivity contribution in [1.29, 1.82) is 0 Å². The highest BCUT2D eigenvalue weighted by atomic mass is 32.2. The van der Waals surface area contributed by atoms with E-state index in [-0.39, 0.29) is 0 Å². The lowest BCUT2D eigenvalue weighted by atomic mass is 10.3. The number of hydrogen-bond acceptors (Lipinski definition) is 6. The second-order valence-corrected chi connectivity index (χ2v) is 8.85. The molecule has 1 aliphatic rings. The van der Waals surface area contributed by atoms with Crippen molar-refractivity contribution < 1.29 is 8.42 Å². The number of nitrogens with two attached hydrogens (primary N) is 1. The van der Waals surface area contributed by atoms with Gasteiger partial charge in [0.1, 0.15) is 4.21 Å². The van der Waals surface area contributed by atoms with Crippen LogP contribution in [0.1, 0.15) is 27.4 Å². The normalized spacial score (nSPS) is 14.5. The molecular weight excluding hydrogens is 314 g/mol. The minimum absolute atomic E-state index is 0.297. The molecule has 0 aromatic carbocycles. The fraction of sp³-hybridized carbons (Fsp3) is 0.417. The van der Waals surface area contributed by atoms with Crippen molar-refractivity contribution in [1.82, 2.24) is 4.98 Å². The summed E-state index contributed by atoms with van der Waals surface area (Å²) < 4.78 is 27.5. The van der Waals surface area contributed by atoms with Crippen LogP contribution in [0, 0.1) is 6.92 Å². The van der Waals surface area contributed by atoms with E-state index in [2.05, 4.69) is 9.71 Å². The van der Waals surface area contributed by atoms with Gasteiger partial charge < -0.3 is 5.73 Å². The monoisotopic (exact) mass is 329 g/mol. The Hall–Kier alpha value is -0.960. The molecule has 0 unspecified atom stereocenters. The summed E-state index contributed by atoms with van der Waals surface area (Å²) in [6.07, 6.45) is 3.07. The molecule has 1 aliphatic carbocycles. The molecule has 108 valence electrons. The number of aryl methyl sites for hydroxylation is 3. The second kappa shape index (κ2) is 5.10. The molecule has 2 aromatic heterocycles. The van der Waals surface area contributed by atoms with Gasteiger partial charge in [0.25, 0.3) is 10.0 Å². The number of aromatic nitrogens is 1. The van der Waals surface area contributed by atoms with Gasteiger partial charge in [0.05, 0.1) is 5.69 Å². The Kier molecular flexibility index (Phi) is 3.57. The Balaban J connectivity index is 1.87. The van der Waals surface area contributed by atoms with Crippen LogP contribution in [0.5, 0.6) is 0 Å². The zero-order valence-corrected chi connectivity index (χ0v) is 13.4. The van der Waals surface area contributed by atoms with E-state index in [9.17, 15) is 8.42 Å². The highest BCUT2D eigenvalue weighted by Crippen LogP contribution is 2.33. The van der Waals surface area contributed by atoms with Crippen molar-refractivity contribution >= 4 is 37.8 Å². The minimum atomic E-state index is -3.55. The molecule has 3 N–H and O–H groups in total. The SMILES string of the molecule is Cc1cc(S(=O)(=O)Nc2nc3c(s2)CCC3)sc1CN. The summed E-state index contributed by atoms with van der Waals surface area (Å²) in [4.78, 5) is 6.46. The molecule has 3 rings (SSSR count). The van der Waals surface area contributed by atoms with Crippen molar-refractivity contribution in [3.63, 3.8) is 0 Å². The van der Waals surface area contributed by atoms with Crippen molar-refractivity contribution in [2.75, 3.05) is 4.72 Å². The van der Waals surface area contributed by atoms with Gasteiger partial charge in [-0.2, -0.15) is 0 Å². The maximum atomic E-state index is 12.3. The van der Waals surface area contributed by atoms with Crippen LogP contribution in [0.2, 0.25) is 0 Å². The Morgan fingerprint density at radius 2 is 2.20 bits per heavy atom. The van der Waals surface area contributed by atoms with Crippen LogP contribution in [0.25, 0.3) is 0 Å². The summed E-state index contributed by atoms with van der Waals surface area (Å²) in [7, 11) is -3.55. The first-order valence-electron chi connectivity index (χ1n) is 6.30. The standard InChI is InChI=1S/C12H15N3O2S3/c1-7-5-11(18-10(7)6-13)20(16,17)15-12-14-8-3-2-4-9(8)19-12/h5H,2-4,6,13H2,1H3,(H,14,15). The third-order valence-corrected chi connectivity index (χ3v) is 7.54. The Morgan fingerprint density at radius 3 is 2.85 bits per heavy atom. The van der Waals surface area contributed by atoms with E-state index in [1.165, 1.54) is 27.6 Å². The van der Waals surface area contributed by atoms with Crippen LogP contribution in [-0.4, -0.2) is 13.4 Å². The quantitative estimate of drug-likeness (QED) is 0.901. The van der Waals surface area contributed by atoms with Gasteiger partial charge in [-0.25, -0.2) is 13.4 Å². The highest BCUT2D eigenvalue weighted by molar-refractivity contribution is 7.94. The average Bonchev–Trinajstić information content (AvgIpc) is 3.02. The van der Waals surface area contributed by atoms with E-state index >= 15 is 0 Å². The lowest BCUT2D eigenvalue weighted by Gasteiger charge is -2.02. The topological polar surface area (TPSA) is 85.1 Å². The Labute approximate surface area is 125 Å². The van der Waals surface area contributed by atoms with E-state index < -0.39 is 10.0 Å². The molecule has 0 saturated carbocycles. The van der Waals surface area contributed by atoms with Crippen LogP contribution in [0.4, 0.5) is 5.13 Å². The van der Waals surface area contributed by atoms with Crippen molar-refractivity contribution in [3.05, 3.63) is 27.1 Å². The van der Waals surface area contributed by atoms with E-state index in [4.69, 9.17) is 5.73 Å². The molecule has 0 amide bonds. The molecule has 8 heteroatoms. The lowest BCUT2D eigenvalue weighted by Crippen LogP contribution is -2.11. The molecule has 0 fully saturated rings. The summed E-state index contributed by atoms with van der Waals surface area (Å²) in [5, 5.41) is 0.468. The van der Waals surface area contributed by atoms with E-state index in [1.807, 2.05) is 6.92 Å². The largest absolute Gasteiger partial charge is 0.326 e. The minimum Gasteiger partial charge on any atom is -0.326 e. The smallest absolute Gasteiger partial charge is 0.273 e. The summed E-state index contributed by atoms with van der Waals surface area (Å²) in [5.41, 5.74) is 7.55. The molecular formula is C12H15N3O2S3. The molecule has 0 atom stereocenters. The first-order valence-corrected chi connectivity index (χ1v) is 9.42. The van der Waals surface area contributed by atoms with Gasteiger partial charge in [-0.15, -0.1) is 22.7 Å². The van der Waals surface area contributed by atoms with Crippen molar-refractivity contribution in [3.8, 4) is 0 Å². The third kappa shape index (κ3) is 2.48. The first-order chi connectivity index (χ1) is 9.49. The molecule has 0 radical (unpaired) electrons. The van der Waals surface area contributed by atoms with Gasteiger partial charge >= 0.3 is 0 Å². The molecule has 0 bridgehead atoms. The van der Waals surface area contributed by atoms with Crippen molar-refractivity contribution in [2.45, 2.75) is 36.9 Å². The predicted molar refractivity (Wildman–Crippen MR) is 81.9 cm³/mol. The number of nitrogens with zero attached hydrogens (tertiary/aromatic N) is 1. The molecule has 2 aromatic rings. The fourth-order valence-corrected chi connectivity index (χ4v) is 5.98. The van der Waals surface area contributed by atoms with Crippen LogP contribution < -0.4 is 10.5 Å². The number of thiazole rings is 1. The zero-order valence-electron chi connectivity index (χ0n) is 11.0. The predicted octanol–water partition coefficient (Wildman–Crippen LogP) is 2.26. The molecule has 0 spiro atoms. The van der Waals surface area contributed by atoms with Gasteiger partial charge in [-0.05, 0) is 37.8 Å². The van der Waals surface area contributed by atoms with E-state index in [0.717, 1.165) is 35.4 Å². The maximum Gasteiger partial charge on any atom is 0.273 e. The lowest BCUT2D eigenvalue weighted by molar-refractivity contribution is 0.603. The van der Waals surface area contributed by atoms with Gasteiger partial charge in [0.2, 0.25) is 0 Å². The number of anilines is 1. The first kappa shape index (κ1) is 14.0. The second-order valence-electron chi connectivity index (χ2n) is 4.72. The van der Waals surface area contributed by atoms with Gasteiger partial charge in [0, 0.05) is 16.3 Å². The van der Waals surface area contributed by atoms with Crippen LogP contribution in [0.15, 0.2) is 10.3 Å². The Morgan fingerprint density at radius 1 is 1.40 bits per heavy atom. The summed E-state index contributed by atoms with van der Waals surface area (Å²) in [6.45, 7) is 2.23. The summed E-state index contributed by atoms with van der Waals surface area (Å²) in [6, 6.07) is 1.66. The van der Waals surface area contributed by atoms with Crippen molar-refractivity contribution in [2.24, 2.45) is 5.73 Å². The molecule has 20 heavy (non-hydrogen) atoms. The van der Waals surface area contributed by atoms with E-state index in [1.54, 1.807) is 6.07 Å².